The molecule has 0 amide bonds. The zero-order chi connectivity index (χ0) is 14.8. The minimum Gasteiger partial charge on any atom is -0.419 e. The second-order valence-electron chi connectivity index (χ2n) is 4.57. The normalized spacial score (nSPS) is 12.5. The fraction of sp³-hybridized carbons (Fsp3) is 0.231. The van der Waals surface area contributed by atoms with Crippen LogP contribution in [-0.4, -0.2) is 25.4 Å². The lowest BCUT2D eigenvalue weighted by atomic mass is 10.1. The molecule has 2 aromatic heterocycles. The Morgan fingerprint density at radius 2 is 2.00 bits per heavy atom. The van der Waals surface area contributed by atoms with Crippen LogP contribution in [0.15, 0.2) is 33.8 Å². The third-order valence-electron chi connectivity index (χ3n) is 2.85. The van der Waals surface area contributed by atoms with Gasteiger partial charge in [-0.25, -0.2) is 5.10 Å². The zero-order valence-corrected chi connectivity index (χ0v) is 12.4. The first-order valence-corrected chi connectivity index (χ1v) is 7.25. The van der Waals surface area contributed by atoms with Crippen LogP contribution in [0.2, 0.25) is 0 Å². The summed E-state index contributed by atoms with van der Waals surface area (Å²) >= 11 is 1.40. The van der Waals surface area contributed by atoms with Crippen molar-refractivity contribution < 1.29 is 4.42 Å². The average Bonchev–Trinajstić information content (AvgIpc) is 3.09. The van der Waals surface area contributed by atoms with Gasteiger partial charge in [0, 0.05) is 5.56 Å². The number of H-pyrrole nitrogens is 1. The Morgan fingerprint density at radius 3 is 2.67 bits per heavy atom. The highest BCUT2D eigenvalue weighted by Gasteiger charge is 2.18. The molecule has 0 bridgehead atoms. The number of nitrogens with zero attached hydrogens (tertiary/aromatic N) is 4. The van der Waals surface area contributed by atoms with Crippen molar-refractivity contribution in [3.05, 3.63) is 35.7 Å². The van der Waals surface area contributed by atoms with Crippen LogP contribution in [0.25, 0.3) is 11.5 Å². The molecule has 0 fully saturated rings. The summed E-state index contributed by atoms with van der Waals surface area (Å²) in [4.78, 5) is 4.04. The minimum absolute atomic E-state index is 0.0631. The number of aromatic amines is 1. The summed E-state index contributed by atoms with van der Waals surface area (Å²) in [7, 11) is 0. The predicted molar refractivity (Wildman–Crippen MR) is 79.5 cm³/mol. The van der Waals surface area contributed by atoms with Gasteiger partial charge < -0.3 is 10.2 Å². The molecule has 108 valence electrons. The summed E-state index contributed by atoms with van der Waals surface area (Å²) in [5.74, 6) is 1.32. The van der Waals surface area contributed by atoms with Gasteiger partial charge in [0.15, 0.2) is 0 Å². The molecule has 0 saturated heterocycles. The molecule has 0 aliphatic heterocycles. The topological polar surface area (TPSA) is 107 Å². The summed E-state index contributed by atoms with van der Waals surface area (Å²) < 4.78 is 5.71. The molecule has 3 aromatic rings. The monoisotopic (exact) mass is 302 g/mol. The Kier molecular flexibility index (Phi) is 3.61. The van der Waals surface area contributed by atoms with Crippen molar-refractivity contribution in [3.63, 3.8) is 0 Å². The molecule has 1 atom stereocenters. The first-order valence-electron chi connectivity index (χ1n) is 6.37. The quantitative estimate of drug-likeness (QED) is 0.713. The lowest BCUT2D eigenvalue weighted by molar-refractivity contribution is 0.509. The number of nitrogens with one attached hydrogen (secondary N) is 1. The number of aromatic nitrogens is 5. The average molecular weight is 302 g/mol. The molecule has 3 N–H and O–H groups in total. The molecular formula is C13H14N6OS. The molecule has 1 aromatic carbocycles. The molecule has 21 heavy (non-hydrogen) atoms. The van der Waals surface area contributed by atoms with Gasteiger partial charge >= 0.3 is 0 Å². The molecule has 0 aliphatic rings. The number of aryl methyl sites for hydroxylation is 1. The fourth-order valence-electron chi connectivity index (χ4n) is 1.73. The number of anilines is 1. The van der Waals surface area contributed by atoms with Crippen LogP contribution >= 0.6 is 11.8 Å². The summed E-state index contributed by atoms with van der Waals surface area (Å²) in [6.07, 6.45) is 0. The van der Waals surface area contributed by atoms with Gasteiger partial charge in [0.05, 0.1) is 5.25 Å². The van der Waals surface area contributed by atoms with Crippen molar-refractivity contribution in [2.75, 3.05) is 5.73 Å². The molecule has 0 aliphatic carbocycles. The summed E-state index contributed by atoms with van der Waals surface area (Å²) in [5, 5.41) is 15.2. The van der Waals surface area contributed by atoms with E-state index in [0.29, 0.717) is 16.9 Å². The highest BCUT2D eigenvalue weighted by Crippen LogP contribution is 2.33. The van der Waals surface area contributed by atoms with Crippen molar-refractivity contribution in [1.29, 1.82) is 0 Å². The fourth-order valence-corrected chi connectivity index (χ4v) is 2.49. The van der Waals surface area contributed by atoms with E-state index in [0.717, 1.165) is 5.56 Å². The van der Waals surface area contributed by atoms with Gasteiger partial charge in [-0.3, -0.25) is 0 Å². The number of nitrogen functional groups attached to an aromatic ring is 1. The van der Waals surface area contributed by atoms with Crippen molar-refractivity contribution >= 4 is 17.7 Å². The van der Waals surface area contributed by atoms with Crippen LogP contribution in [0.4, 0.5) is 5.95 Å². The van der Waals surface area contributed by atoms with E-state index in [1.165, 1.54) is 17.3 Å². The van der Waals surface area contributed by atoms with E-state index in [1.807, 2.05) is 38.1 Å². The Bertz CT molecular complexity index is 735. The SMILES string of the molecule is Cc1ccc(-c2nnc(C(C)Sc3n[nH]c(N)n3)o2)cc1. The van der Waals surface area contributed by atoms with E-state index in [9.17, 15) is 0 Å². The molecule has 7 nitrogen and oxygen atoms in total. The molecule has 0 spiro atoms. The van der Waals surface area contributed by atoms with Crippen LogP contribution in [-0.2, 0) is 0 Å². The Balaban J connectivity index is 1.76. The Hall–Kier alpha value is -2.35. The minimum atomic E-state index is -0.0631. The maximum absolute atomic E-state index is 5.71. The van der Waals surface area contributed by atoms with Gasteiger partial charge in [-0.2, -0.15) is 4.98 Å². The van der Waals surface area contributed by atoms with Crippen LogP contribution in [0.5, 0.6) is 0 Å². The third-order valence-corrected chi connectivity index (χ3v) is 3.80. The molecule has 0 saturated carbocycles. The highest BCUT2D eigenvalue weighted by molar-refractivity contribution is 7.99. The van der Waals surface area contributed by atoms with Gasteiger partial charge in [0.25, 0.3) is 0 Å². The van der Waals surface area contributed by atoms with Crippen LogP contribution in [0.3, 0.4) is 0 Å². The van der Waals surface area contributed by atoms with Crippen molar-refractivity contribution in [2.24, 2.45) is 0 Å². The number of thioether (sulfide) groups is 1. The largest absolute Gasteiger partial charge is 0.419 e. The summed E-state index contributed by atoms with van der Waals surface area (Å²) in [5.41, 5.74) is 7.58. The molecule has 3 rings (SSSR count). The number of benzene rings is 1. The number of rotatable bonds is 4. The van der Waals surface area contributed by atoms with E-state index >= 15 is 0 Å². The van der Waals surface area contributed by atoms with E-state index in [-0.39, 0.29) is 11.2 Å². The van der Waals surface area contributed by atoms with E-state index in [4.69, 9.17) is 10.2 Å². The van der Waals surface area contributed by atoms with Crippen LogP contribution in [0, 0.1) is 6.92 Å². The Labute approximate surface area is 125 Å². The van der Waals surface area contributed by atoms with Gasteiger partial charge in [-0.15, -0.1) is 15.3 Å². The molecule has 1 unspecified atom stereocenters. The Morgan fingerprint density at radius 1 is 1.24 bits per heavy atom. The van der Waals surface area contributed by atoms with Crippen molar-refractivity contribution in [1.82, 2.24) is 25.4 Å². The van der Waals surface area contributed by atoms with Crippen molar-refractivity contribution in [3.8, 4) is 11.5 Å². The number of nitrogens with two attached hydrogens (primary N) is 1. The maximum atomic E-state index is 5.71. The maximum Gasteiger partial charge on any atom is 0.247 e. The van der Waals surface area contributed by atoms with E-state index in [2.05, 4.69) is 25.4 Å². The highest BCUT2D eigenvalue weighted by atomic mass is 32.2. The zero-order valence-electron chi connectivity index (χ0n) is 11.6. The first kappa shape index (κ1) is 13.6. The summed E-state index contributed by atoms with van der Waals surface area (Å²) in [6, 6.07) is 7.93. The van der Waals surface area contributed by atoms with Crippen LogP contribution in [0.1, 0.15) is 23.6 Å². The van der Waals surface area contributed by atoms with E-state index < -0.39 is 0 Å². The predicted octanol–water partition coefficient (Wildman–Crippen LogP) is 2.60. The molecule has 2 heterocycles. The molecular weight excluding hydrogens is 288 g/mol. The number of hydrogen-bond acceptors (Lipinski definition) is 7. The van der Waals surface area contributed by atoms with E-state index in [1.54, 1.807) is 0 Å². The third kappa shape index (κ3) is 3.05. The van der Waals surface area contributed by atoms with Gasteiger partial charge in [0.1, 0.15) is 0 Å². The first-order chi connectivity index (χ1) is 10.1. The van der Waals surface area contributed by atoms with Gasteiger partial charge in [0.2, 0.25) is 22.9 Å². The van der Waals surface area contributed by atoms with Crippen LogP contribution < -0.4 is 5.73 Å². The number of hydrogen-bond donors (Lipinski definition) is 2. The lowest BCUT2D eigenvalue weighted by Gasteiger charge is -2.02. The molecule has 8 heteroatoms. The second-order valence-corrected chi connectivity index (χ2v) is 5.88. The standard InChI is InChI=1S/C13H14N6OS/c1-7-3-5-9(6-4-7)11-17-16-10(20-11)8(2)21-13-15-12(14)18-19-13/h3-6,8H,1-2H3,(H3,14,15,18,19). The smallest absolute Gasteiger partial charge is 0.247 e. The van der Waals surface area contributed by atoms with Gasteiger partial charge in [-0.1, -0.05) is 29.5 Å². The van der Waals surface area contributed by atoms with Crippen molar-refractivity contribution in [2.45, 2.75) is 24.3 Å². The molecule has 0 radical (unpaired) electrons. The lowest BCUT2D eigenvalue weighted by Crippen LogP contribution is -1.90. The second kappa shape index (κ2) is 5.57. The van der Waals surface area contributed by atoms with Gasteiger partial charge in [-0.05, 0) is 26.0 Å². The summed E-state index contributed by atoms with van der Waals surface area (Å²) in [6.45, 7) is 3.98.